The number of nitrogens with zero attached hydrogens (tertiary/aromatic N) is 3. The number of ketones is 2. The smallest absolute Gasteiger partial charge is 0.265 e. The number of ether oxygens (including phenoxy) is 2. The molecule has 5 atom stereocenters. The Morgan fingerprint density at radius 3 is 2.23 bits per heavy atom. The van der Waals surface area contributed by atoms with E-state index in [0.717, 1.165) is 53.9 Å². The van der Waals surface area contributed by atoms with Crippen molar-refractivity contribution in [2.75, 3.05) is 32.1 Å². The van der Waals surface area contributed by atoms with E-state index in [1.54, 1.807) is 0 Å². The highest BCUT2D eigenvalue weighted by atomic mass is 16.5. The quantitative estimate of drug-likeness (QED) is 0.141. The van der Waals surface area contributed by atoms with Crippen molar-refractivity contribution in [3.8, 4) is 11.6 Å². The highest BCUT2D eigenvalue weighted by Crippen LogP contribution is 2.57. The highest BCUT2D eigenvalue weighted by molar-refractivity contribution is 6.16. The summed E-state index contributed by atoms with van der Waals surface area (Å²) in [6, 6.07) is 20.8. The van der Waals surface area contributed by atoms with Gasteiger partial charge < -0.3 is 34.4 Å². The summed E-state index contributed by atoms with van der Waals surface area (Å²) in [5.41, 5.74) is 2.81. The Labute approximate surface area is 334 Å². The zero-order valence-electron chi connectivity index (χ0n) is 33.8. The van der Waals surface area contributed by atoms with E-state index in [0.29, 0.717) is 24.3 Å². The third-order valence-electron chi connectivity index (χ3n) is 12.7. The highest BCUT2D eigenvalue weighted by Gasteiger charge is 2.64. The van der Waals surface area contributed by atoms with Crippen molar-refractivity contribution in [1.29, 1.82) is 0 Å². The van der Waals surface area contributed by atoms with Crippen molar-refractivity contribution in [2.45, 2.75) is 90.8 Å². The van der Waals surface area contributed by atoms with E-state index in [1.807, 2.05) is 85.7 Å². The van der Waals surface area contributed by atoms with E-state index in [-0.39, 0.29) is 53.9 Å². The predicted molar refractivity (Wildman–Crippen MR) is 217 cm³/mol. The first-order valence-electron chi connectivity index (χ1n) is 20.2. The first kappa shape index (κ1) is 38.9. The van der Waals surface area contributed by atoms with Crippen LogP contribution in [0, 0.1) is 17.3 Å². The van der Waals surface area contributed by atoms with Gasteiger partial charge >= 0.3 is 0 Å². The minimum Gasteiger partial charge on any atom is -0.508 e. The second kappa shape index (κ2) is 15.1. The van der Waals surface area contributed by atoms with Crippen molar-refractivity contribution >= 4 is 17.3 Å². The molecule has 3 N–H and O–H groups in total. The Bertz CT molecular complexity index is 2180. The van der Waals surface area contributed by atoms with E-state index in [9.17, 15) is 15.0 Å². The predicted octanol–water partition coefficient (Wildman–Crippen LogP) is 7.37. The molecule has 1 aromatic heterocycles. The molecule has 1 fully saturated rings. The number of aliphatic hydroxyl groups is 2. The molecule has 0 bridgehead atoms. The van der Waals surface area contributed by atoms with Crippen molar-refractivity contribution in [1.82, 2.24) is 15.4 Å². The zero-order chi connectivity index (χ0) is 40.2. The van der Waals surface area contributed by atoms with Crippen molar-refractivity contribution < 1.29 is 33.8 Å². The van der Waals surface area contributed by atoms with Crippen LogP contribution in [0.1, 0.15) is 102 Å². The third kappa shape index (κ3) is 6.83. The fourth-order valence-electron chi connectivity index (χ4n) is 9.25. The van der Waals surface area contributed by atoms with E-state index in [4.69, 9.17) is 14.0 Å². The SMILES string of the molecule is C[C@@H](NCc1cc(OCc2ccccc2)c2c(c1N1CCCC1)C[C@H]1C[C@H]3[C@H](N(C)C)c4onc(OCc5ccccc5)c4C(=O)[C@@]3(O)C(O)=C1C2=O)C(C)(C)C. The van der Waals surface area contributed by atoms with Crippen LogP contribution in [0.15, 0.2) is 82.6 Å². The molecular formula is C46H54N4O7. The molecule has 11 heteroatoms. The molecule has 0 saturated carbocycles. The number of hydrogen-bond donors (Lipinski definition) is 3. The monoisotopic (exact) mass is 774 g/mol. The van der Waals surface area contributed by atoms with Crippen molar-refractivity contribution in [2.24, 2.45) is 17.3 Å². The van der Waals surface area contributed by atoms with Gasteiger partial charge in [0.05, 0.1) is 11.6 Å². The van der Waals surface area contributed by atoms with Crippen molar-refractivity contribution in [3.05, 3.63) is 117 Å². The van der Waals surface area contributed by atoms with Gasteiger partial charge in [0.25, 0.3) is 5.88 Å². The first-order valence-corrected chi connectivity index (χ1v) is 20.2. The first-order chi connectivity index (χ1) is 27.3. The van der Waals surface area contributed by atoms with Gasteiger partial charge in [0.2, 0.25) is 5.78 Å². The number of Topliss-reactive ketones (excluding diaryl/α,β-unsaturated/α-hetero) is 2. The summed E-state index contributed by atoms with van der Waals surface area (Å²) >= 11 is 0. The van der Waals surface area contributed by atoms with Gasteiger partial charge in [-0.25, -0.2) is 0 Å². The van der Waals surface area contributed by atoms with E-state index < -0.39 is 40.8 Å². The Kier molecular flexibility index (Phi) is 10.3. The lowest BCUT2D eigenvalue weighted by molar-refractivity contribution is -0.0559. The molecule has 1 aliphatic heterocycles. The summed E-state index contributed by atoms with van der Waals surface area (Å²) in [5, 5.41) is 33.0. The van der Waals surface area contributed by atoms with Crippen molar-refractivity contribution in [3.63, 3.8) is 0 Å². The average Bonchev–Trinajstić information content (AvgIpc) is 3.88. The summed E-state index contributed by atoms with van der Waals surface area (Å²) in [7, 11) is 3.68. The van der Waals surface area contributed by atoms with Gasteiger partial charge in [0.15, 0.2) is 17.1 Å². The minimum atomic E-state index is -2.42. The lowest BCUT2D eigenvalue weighted by Crippen LogP contribution is -2.59. The Balaban J connectivity index is 1.25. The largest absolute Gasteiger partial charge is 0.508 e. The van der Waals surface area contributed by atoms with Crippen LogP contribution in [0.2, 0.25) is 0 Å². The zero-order valence-corrected chi connectivity index (χ0v) is 33.8. The topological polar surface area (TPSA) is 138 Å². The van der Waals surface area contributed by atoms with Gasteiger partial charge in [-0.3, -0.25) is 14.5 Å². The molecular weight excluding hydrogens is 721 g/mol. The third-order valence-corrected chi connectivity index (χ3v) is 12.7. The summed E-state index contributed by atoms with van der Waals surface area (Å²) in [4.78, 5) is 34.1. The fraction of sp³-hybridized carbons (Fsp3) is 0.457. The molecule has 0 unspecified atom stereocenters. The number of rotatable bonds is 11. The second-order valence-electron chi connectivity index (χ2n) is 17.5. The number of hydrogen-bond acceptors (Lipinski definition) is 11. The van der Waals surface area contributed by atoms with E-state index >= 15 is 4.79 Å². The molecule has 0 spiro atoms. The number of carbonyl (C=O) groups excluding carboxylic acids is 2. The van der Waals surface area contributed by atoms with Gasteiger partial charge in [-0.05, 0) is 91.5 Å². The van der Waals surface area contributed by atoms with Crippen LogP contribution in [0.25, 0.3) is 0 Å². The summed E-state index contributed by atoms with van der Waals surface area (Å²) < 4.78 is 18.5. The van der Waals surface area contributed by atoms with E-state index in [1.165, 1.54) is 0 Å². The summed E-state index contributed by atoms with van der Waals surface area (Å²) in [5.74, 6) is -2.52. The van der Waals surface area contributed by atoms with Crippen LogP contribution in [0.4, 0.5) is 5.69 Å². The fourth-order valence-corrected chi connectivity index (χ4v) is 9.25. The van der Waals surface area contributed by atoms with Crippen LogP contribution in [0.3, 0.4) is 0 Å². The maximum Gasteiger partial charge on any atom is 0.265 e. The number of fused-ring (bicyclic) bond motifs is 4. The van der Waals surface area contributed by atoms with Gasteiger partial charge in [0, 0.05) is 42.9 Å². The standard InChI is InChI=1S/C46H54N4O7/c1-27(45(2,3)4)47-24-31-23-34(55-25-28-15-9-7-10-16-28)36-32(38(31)50-19-13-14-20-50)21-30-22-33-39(49(5)6)41-37(43(53)46(33,54)42(52)35(30)40(36)51)44(48-57-41)56-26-29-17-11-8-12-18-29/h7-12,15-18,23,27,30,33,39,47,52,54H,13-14,19-22,24-26H2,1-6H3/t27-,30+,33+,39+,46+/m1/s1. The molecule has 11 nitrogen and oxygen atoms in total. The number of benzene rings is 3. The molecule has 8 rings (SSSR count). The van der Waals surface area contributed by atoms with Crippen LogP contribution in [-0.2, 0) is 26.2 Å². The van der Waals surface area contributed by atoms with Crippen LogP contribution < -0.4 is 19.7 Å². The molecule has 57 heavy (non-hydrogen) atoms. The molecule has 2 heterocycles. The van der Waals surface area contributed by atoms with E-state index in [2.05, 4.69) is 43.1 Å². The summed E-state index contributed by atoms with van der Waals surface area (Å²) in [6.45, 7) is 11.5. The van der Waals surface area contributed by atoms with Gasteiger partial charge in [-0.1, -0.05) is 81.4 Å². The summed E-state index contributed by atoms with van der Waals surface area (Å²) in [6.07, 6.45) is 2.77. The van der Waals surface area contributed by atoms with Gasteiger partial charge in [-0.15, -0.1) is 0 Å². The number of nitrogens with one attached hydrogen (secondary N) is 1. The Hall–Kier alpha value is -4.97. The molecule has 3 aromatic carbocycles. The van der Waals surface area contributed by atoms with Crippen LogP contribution in [0.5, 0.6) is 11.6 Å². The molecule has 3 aliphatic carbocycles. The molecule has 4 aromatic rings. The molecule has 300 valence electrons. The molecule has 0 radical (unpaired) electrons. The number of anilines is 1. The number of allylic oxidation sites excluding steroid dienone is 1. The second-order valence-corrected chi connectivity index (χ2v) is 17.5. The molecule has 4 aliphatic rings. The Morgan fingerprint density at radius 1 is 0.982 bits per heavy atom. The average molecular weight is 775 g/mol. The minimum absolute atomic E-state index is 0.0255. The maximum absolute atomic E-state index is 15.2. The molecule has 0 amide bonds. The number of carbonyl (C=O) groups is 2. The number of aromatic nitrogens is 1. The van der Waals surface area contributed by atoms with Gasteiger partial charge in [0.1, 0.15) is 30.3 Å². The number of aliphatic hydroxyl groups excluding tert-OH is 1. The Morgan fingerprint density at radius 2 is 1.61 bits per heavy atom. The molecule has 1 saturated heterocycles. The maximum atomic E-state index is 15.2. The van der Waals surface area contributed by atoms with Crippen LogP contribution in [-0.4, -0.2) is 70.7 Å². The van der Waals surface area contributed by atoms with Crippen LogP contribution >= 0.6 is 0 Å². The lowest BCUT2D eigenvalue weighted by Gasteiger charge is -2.49. The lowest BCUT2D eigenvalue weighted by atomic mass is 9.58. The normalized spacial score (nSPS) is 23.6. The van der Waals surface area contributed by atoms with Gasteiger partial charge in [-0.2, -0.15) is 0 Å².